The van der Waals surface area contributed by atoms with Gasteiger partial charge in [-0.3, -0.25) is 9.59 Å². The number of hydrogen-bond acceptors (Lipinski definition) is 4. The second kappa shape index (κ2) is 11.6. The molecule has 3 aromatic rings. The second-order valence-corrected chi connectivity index (χ2v) is 8.84. The first-order chi connectivity index (χ1) is 16.2. The second-order valence-electron chi connectivity index (χ2n) is 8.84. The van der Waals surface area contributed by atoms with Gasteiger partial charge in [0.15, 0.2) is 0 Å². The van der Waals surface area contributed by atoms with E-state index in [9.17, 15) is 19.8 Å². The van der Waals surface area contributed by atoms with Crippen molar-refractivity contribution >= 4 is 17.6 Å². The Hall–Kier alpha value is -3.42. The predicted molar refractivity (Wildman–Crippen MR) is 132 cm³/mol. The zero-order valence-electron chi connectivity index (χ0n) is 19.5. The first-order valence-corrected chi connectivity index (χ1v) is 11.5. The summed E-state index contributed by atoms with van der Waals surface area (Å²) in [6.45, 7) is 4.65. The van der Waals surface area contributed by atoms with E-state index in [0.717, 1.165) is 11.3 Å². The lowest BCUT2D eigenvalue weighted by Gasteiger charge is -2.16. The van der Waals surface area contributed by atoms with Gasteiger partial charge < -0.3 is 25.2 Å². The molecule has 180 valence electrons. The highest BCUT2D eigenvalue weighted by molar-refractivity contribution is 6.05. The average Bonchev–Trinajstić information content (AvgIpc) is 3.22. The fourth-order valence-electron chi connectivity index (χ4n) is 3.85. The zero-order chi connectivity index (χ0) is 24.7. The minimum Gasteiger partial charge on any atom is -0.481 e. The summed E-state index contributed by atoms with van der Waals surface area (Å²) in [5.41, 5.74) is 4.18. The quantitative estimate of drug-likeness (QED) is 0.334. The van der Waals surface area contributed by atoms with E-state index in [1.807, 2.05) is 53.1 Å². The molecule has 3 rings (SSSR count). The standard InChI is InChI=1S/C27H32N2O5/c1-18(2)19-7-6-8-20(13-19)25-14-21(27(34)28-22-9-4-3-5-10-22)17-29(25)12-11-23(30)15-24(31)16-26(32)33/h3-10,13-14,17-18,23-24,30-31H,11-12,15-16H2,1-2H3,(H,28,34)(H,32,33). The van der Waals surface area contributed by atoms with Crippen LogP contribution >= 0.6 is 0 Å². The van der Waals surface area contributed by atoms with Crippen LogP contribution in [0, 0.1) is 0 Å². The summed E-state index contributed by atoms with van der Waals surface area (Å²) in [6.07, 6.45) is -0.331. The van der Waals surface area contributed by atoms with Crippen molar-refractivity contribution in [2.75, 3.05) is 5.32 Å². The number of aromatic nitrogens is 1. The van der Waals surface area contributed by atoms with Crippen LogP contribution < -0.4 is 5.32 Å². The van der Waals surface area contributed by atoms with Crippen LogP contribution in [0.25, 0.3) is 11.3 Å². The lowest BCUT2D eigenvalue weighted by atomic mass is 9.99. The van der Waals surface area contributed by atoms with Crippen LogP contribution in [0.15, 0.2) is 66.9 Å². The Morgan fingerprint density at radius 1 is 0.971 bits per heavy atom. The van der Waals surface area contributed by atoms with Crippen molar-refractivity contribution in [2.24, 2.45) is 0 Å². The predicted octanol–water partition coefficient (Wildman–Crippen LogP) is 4.51. The Morgan fingerprint density at radius 2 is 1.71 bits per heavy atom. The highest BCUT2D eigenvalue weighted by Crippen LogP contribution is 2.27. The number of benzene rings is 2. The average molecular weight is 465 g/mol. The minimum atomic E-state index is -1.11. The van der Waals surface area contributed by atoms with Gasteiger partial charge in [-0.2, -0.15) is 0 Å². The van der Waals surface area contributed by atoms with Crippen LogP contribution in [0.5, 0.6) is 0 Å². The molecule has 0 radical (unpaired) electrons. The highest BCUT2D eigenvalue weighted by atomic mass is 16.4. The van der Waals surface area contributed by atoms with Gasteiger partial charge in [-0.15, -0.1) is 0 Å². The number of nitrogens with zero attached hydrogens (tertiary/aromatic N) is 1. The number of para-hydroxylation sites is 1. The van der Waals surface area contributed by atoms with Gasteiger partial charge in [-0.25, -0.2) is 0 Å². The van der Waals surface area contributed by atoms with Crippen molar-refractivity contribution in [3.8, 4) is 11.3 Å². The third-order valence-electron chi connectivity index (χ3n) is 5.70. The van der Waals surface area contributed by atoms with E-state index < -0.39 is 24.6 Å². The molecular weight excluding hydrogens is 432 g/mol. The molecule has 0 saturated heterocycles. The molecule has 0 saturated carbocycles. The van der Waals surface area contributed by atoms with Crippen molar-refractivity contribution in [3.05, 3.63) is 78.0 Å². The number of aliphatic hydroxyl groups excluding tert-OH is 2. The summed E-state index contributed by atoms with van der Waals surface area (Å²) < 4.78 is 1.92. The van der Waals surface area contributed by atoms with E-state index in [1.54, 1.807) is 6.20 Å². The number of aliphatic hydroxyl groups is 2. The van der Waals surface area contributed by atoms with Gasteiger partial charge >= 0.3 is 5.97 Å². The monoisotopic (exact) mass is 464 g/mol. The Bertz CT molecular complexity index is 1110. The van der Waals surface area contributed by atoms with Crippen LogP contribution in [0.3, 0.4) is 0 Å². The van der Waals surface area contributed by atoms with Crippen LogP contribution in [-0.4, -0.2) is 44.0 Å². The number of carboxylic acids is 1. The largest absolute Gasteiger partial charge is 0.481 e. The first-order valence-electron chi connectivity index (χ1n) is 11.5. The maximum absolute atomic E-state index is 12.9. The molecular formula is C27H32N2O5. The number of carbonyl (C=O) groups is 2. The molecule has 4 N–H and O–H groups in total. The Morgan fingerprint density at radius 3 is 2.38 bits per heavy atom. The van der Waals surface area contributed by atoms with Crippen molar-refractivity contribution < 1.29 is 24.9 Å². The maximum Gasteiger partial charge on any atom is 0.305 e. The van der Waals surface area contributed by atoms with E-state index in [4.69, 9.17) is 5.11 Å². The zero-order valence-corrected chi connectivity index (χ0v) is 19.5. The van der Waals surface area contributed by atoms with Gasteiger partial charge in [0, 0.05) is 24.1 Å². The number of carboxylic acid groups (broad SMARTS) is 1. The first kappa shape index (κ1) is 25.2. The van der Waals surface area contributed by atoms with Gasteiger partial charge in [0.2, 0.25) is 0 Å². The molecule has 2 unspecified atom stereocenters. The molecule has 0 aliphatic rings. The fourth-order valence-corrected chi connectivity index (χ4v) is 3.85. The molecule has 34 heavy (non-hydrogen) atoms. The van der Waals surface area contributed by atoms with Crippen LogP contribution in [0.4, 0.5) is 5.69 Å². The van der Waals surface area contributed by atoms with Gasteiger partial charge in [0.25, 0.3) is 5.91 Å². The van der Waals surface area contributed by atoms with Gasteiger partial charge in [0.05, 0.1) is 24.2 Å². The summed E-state index contributed by atoms with van der Waals surface area (Å²) in [6, 6.07) is 19.2. The number of anilines is 1. The van der Waals surface area contributed by atoms with Crippen LogP contribution in [0.1, 0.15) is 54.9 Å². The van der Waals surface area contributed by atoms with Crippen molar-refractivity contribution in [1.82, 2.24) is 4.57 Å². The third-order valence-corrected chi connectivity index (χ3v) is 5.70. The molecule has 7 nitrogen and oxygen atoms in total. The van der Waals surface area contributed by atoms with Gasteiger partial charge in [-0.05, 0) is 54.2 Å². The lowest BCUT2D eigenvalue weighted by molar-refractivity contribution is -0.139. The van der Waals surface area contributed by atoms with E-state index in [-0.39, 0.29) is 12.3 Å². The minimum absolute atomic E-state index is 0.0207. The summed E-state index contributed by atoms with van der Waals surface area (Å²) in [5.74, 6) is -0.989. The third kappa shape index (κ3) is 7.04. The summed E-state index contributed by atoms with van der Waals surface area (Å²) in [4.78, 5) is 23.7. The van der Waals surface area contributed by atoms with E-state index in [2.05, 4.69) is 31.3 Å². The molecule has 0 fully saturated rings. The normalized spacial score (nSPS) is 13.0. The molecule has 2 atom stereocenters. The maximum atomic E-state index is 12.9. The Labute approximate surface area is 199 Å². The van der Waals surface area contributed by atoms with Crippen molar-refractivity contribution in [1.29, 1.82) is 0 Å². The number of carbonyl (C=O) groups excluding carboxylic acids is 1. The summed E-state index contributed by atoms with van der Waals surface area (Å²) in [5, 5.41) is 31.9. The number of aliphatic carboxylic acids is 1. The molecule has 0 aliphatic heterocycles. The summed E-state index contributed by atoms with van der Waals surface area (Å²) in [7, 11) is 0. The summed E-state index contributed by atoms with van der Waals surface area (Å²) >= 11 is 0. The number of aryl methyl sites for hydroxylation is 1. The number of rotatable bonds is 11. The molecule has 0 bridgehead atoms. The van der Waals surface area contributed by atoms with Gasteiger partial charge in [-0.1, -0.05) is 50.2 Å². The van der Waals surface area contributed by atoms with E-state index in [1.165, 1.54) is 5.56 Å². The van der Waals surface area contributed by atoms with Crippen molar-refractivity contribution in [2.45, 2.75) is 57.8 Å². The molecule has 2 aromatic carbocycles. The smallest absolute Gasteiger partial charge is 0.305 e. The van der Waals surface area contributed by atoms with Crippen LogP contribution in [-0.2, 0) is 11.3 Å². The Kier molecular flexibility index (Phi) is 8.62. The number of amides is 1. The molecule has 1 aromatic heterocycles. The molecule has 0 aliphatic carbocycles. The van der Waals surface area contributed by atoms with E-state index >= 15 is 0 Å². The Balaban J connectivity index is 1.83. The van der Waals surface area contributed by atoms with Crippen LogP contribution in [0.2, 0.25) is 0 Å². The molecule has 7 heteroatoms. The number of nitrogens with one attached hydrogen (secondary N) is 1. The molecule has 0 spiro atoms. The van der Waals surface area contributed by atoms with E-state index in [0.29, 0.717) is 30.1 Å². The molecule has 1 amide bonds. The SMILES string of the molecule is CC(C)c1cccc(-c2cc(C(=O)Nc3ccccc3)cn2CCC(O)CC(O)CC(=O)O)c1. The fraction of sp³-hybridized carbons (Fsp3) is 0.333. The van der Waals surface area contributed by atoms with Gasteiger partial charge in [0.1, 0.15) is 0 Å². The molecule has 1 heterocycles. The van der Waals surface area contributed by atoms with Crippen molar-refractivity contribution in [3.63, 3.8) is 0 Å². The number of hydrogen-bond donors (Lipinski definition) is 4. The highest BCUT2D eigenvalue weighted by Gasteiger charge is 2.18. The topological polar surface area (TPSA) is 112 Å². The lowest BCUT2D eigenvalue weighted by Crippen LogP contribution is -2.21.